The third kappa shape index (κ3) is 3.25. The standard InChI is InChI=1S/C19H28N2O3S/c1-14(2)19-16-12-20(13-17(16)19)11-15-5-3-4-6-18(15)25(22,23)21-7-9-24-10-8-21/h3-6,14,16-17,19H,7-13H2,1-2H3. The molecule has 2 unspecified atom stereocenters. The molecule has 6 heteroatoms. The molecule has 1 aromatic rings. The van der Waals surface area contributed by atoms with Gasteiger partial charge in [0.05, 0.1) is 18.1 Å². The molecule has 2 atom stereocenters. The minimum absolute atomic E-state index is 0.445. The predicted octanol–water partition coefficient (Wildman–Crippen LogP) is 2.04. The van der Waals surface area contributed by atoms with E-state index in [1.807, 2.05) is 18.2 Å². The van der Waals surface area contributed by atoms with E-state index in [2.05, 4.69) is 18.7 Å². The summed E-state index contributed by atoms with van der Waals surface area (Å²) in [6, 6.07) is 7.50. The Hall–Kier alpha value is -0.950. The van der Waals surface area contributed by atoms with Crippen molar-refractivity contribution in [1.29, 1.82) is 0 Å². The minimum Gasteiger partial charge on any atom is -0.379 e. The molecule has 5 nitrogen and oxygen atoms in total. The maximum absolute atomic E-state index is 13.0. The number of morpholine rings is 1. The Bertz CT molecular complexity index is 716. The van der Waals surface area contributed by atoms with Crippen molar-refractivity contribution in [2.75, 3.05) is 39.4 Å². The maximum Gasteiger partial charge on any atom is 0.243 e. The molecule has 0 amide bonds. The van der Waals surface area contributed by atoms with E-state index in [1.54, 1.807) is 10.4 Å². The summed E-state index contributed by atoms with van der Waals surface area (Å²) in [4.78, 5) is 2.90. The number of fused-ring (bicyclic) bond motifs is 1. The number of rotatable bonds is 5. The predicted molar refractivity (Wildman–Crippen MR) is 96.6 cm³/mol. The number of benzene rings is 1. The number of ether oxygens (including phenoxy) is 1. The van der Waals surface area contributed by atoms with Crippen molar-refractivity contribution in [1.82, 2.24) is 9.21 Å². The molecule has 0 radical (unpaired) electrons. The third-order valence-electron chi connectivity index (χ3n) is 6.06. The van der Waals surface area contributed by atoms with Crippen LogP contribution in [0.3, 0.4) is 0 Å². The zero-order chi connectivity index (χ0) is 17.6. The topological polar surface area (TPSA) is 49.9 Å². The Morgan fingerprint density at radius 3 is 2.40 bits per heavy atom. The van der Waals surface area contributed by atoms with Crippen LogP contribution in [0.2, 0.25) is 0 Å². The Labute approximate surface area is 151 Å². The first-order valence-corrected chi connectivity index (χ1v) is 10.8. The molecule has 3 fully saturated rings. The van der Waals surface area contributed by atoms with Gasteiger partial charge in [-0.2, -0.15) is 4.31 Å². The first-order chi connectivity index (χ1) is 12.0. The van der Waals surface area contributed by atoms with Crippen molar-refractivity contribution in [2.24, 2.45) is 23.7 Å². The van der Waals surface area contributed by atoms with Gasteiger partial charge in [0.15, 0.2) is 0 Å². The first-order valence-electron chi connectivity index (χ1n) is 9.36. The van der Waals surface area contributed by atoms with Crippen LogP contribution < -0.4 is 0 Å². The molecular weight excluding hydrogens is 336 g/mol. The van der Waals surface area contributed by atoms with Crippen LogP contribution in [0, 0.1) is 23.7 Å². The monoisotopic (exact) mass is 364 g/mol. The quantitative estimate of drug-likeness (QED) is 0.802. The van der Waals surface area contributed by atoms with Crippen LogP contribution in [-0.4, -0.2) is 57.0 Å². The Kier molecular flexibility index (Phi) is 4.65. The third-order valence-corrected chi connectivity index (χ3v) is 8.06. The summed E-state index contributed by atoms with van der Waals surface area (Å²) in [5.41, 5.74) is 0.927. The molecule has 2 heterocycles. The summed E-state index contributed by atoms with van der Waals surface area (Å²) < 4.78 is 33.0. The molecule has 4 rings (SSSR count). The maximum atomic E-state index is 13.0. The summed E-state index contributed by atoms with van der Waals surface area (Å²) in [7, 11) is -3.43. The molecule has 0 spiro atoms. The van der Waals surface area contributed by atoms with Crippen LogP contribution in [0.5, 0.6) is 0 Å². The van der Waals surface area contributed by atoms with Gasteiger partial charge in [-0.1, -0.05) is 32.0 Å². The smallest absolute Gasteiger partial charge is 0.243 e. The molecular formula is C19H28N2O3S. The SMILES string of the molecule is CC(C)C1C2CN(Cc3ccccc3S(=O)(=O)N3CCOCC3)CC21. The lowest BCUT2D eigenvalue weighted by Gasteiger charge is -2.28. The van der Waals surface area contributed by atoms with Crippen LogP contribution in [0.15, 0.2) is 29.2 Å². The van der Waals surface area contributed by atoms with Gasteiger partial charge in [-0.15, -0.1) is 0 Å². The van der Waals surface area contributed by atoms with E-state index >= 15 is 0 Å². The second-order valence-electron chi connectivity index (χ2n) is 7.97. The summed E-state index contributed by atoms with van der Waals surface area (Å²) in [6.07, 6.45) is 0. The lowest BCUT2D eigenvalue weighted by Crippen LogP contribution is -2.41. The van der Waals surface area contributed by atoms with Gasteiger partial charge in [-0.3, -0.25) is 4.90 Å². The lowest BCUT2D eigenvalue weighted by molar-refractivity contribution is 0.0730. The van der Waals surface area contributed by atoms with E-state index in [1.165, 1.54) is 0 Å². The molecule has 0 N–H and O–H groups in total. The van der Waals surface area contributed by atoms with E-state index in [9.17, 15) is 8.42 Å². The van der Waals surface area contributed by atoms with Crippen molar-refractivity contribution >= 4 is 10.0 Å². The van der Waals surface area contributed by atoms with Gasteiger partial charge < -0.3 is 4.74 Å². The van der Waals surface area contributed by atoms with Crippen molar-refractivity contribution in [3.05, 3.63) is 29.8 Å². The van der Waals surface area contributed by atoms with Crippen molar-refractivity contribution in [2.45, 2.75) is 25.3 Å². The second kappa shape index (κ2) is 6.65. The number of hydrogen-bond donors (Lipinski definition) is 0. The Morgan fingerprint density at radius 1 is 1.12 bits per heavy atom. The van der Waals surface area contributed by atoms with Crippen molar-refractivity contribution < 1.29 is 13.2 Å². The van der Waals surface area contributed by atoms with Crippen LogP contribution >= 0.6 is 0 Å². The highest BCUT2D eigenvalue weighted by atomic mass is 32.2. The number of hydrogen-bond acceptors (Lipinski definition) is 4. The molecule has 1 aromatic carbocycles. The van der Waals surface area contributed by atoms with E-state index in [0.717, 1.165) is 48.9 Å². The molecule has 1 saturated carbocycles. The van der Waals surface area contributed by atoms with Crippen molar-refractivity contribution in [3.63, 3.8) is 0 Å². The van der Waals surface area contributed by atoms with E-state index in [4.69, 9.17) is 4.74 Å². The minimum atomic E-state index is -3.43. The van der Waals surface area contributed by atoms with Crippen LogP contribution in [0.4, 0.5) is 0 Å². The van der Waals surface area contributed by atoms with Crippen LogP contribution in [0.1, 0.15) is 19.4 Å². The number of sulfonamides is 1. The molecule has 0 bridgehead atoms. The van der Waals surface area contributed by atoms with Gasteiger partial charge in [-0.25, -0.2) is 8.42 Å². The van der Waals surface area contributed by atoms with Gasteiger partial charge in [0.1, 0.15) is 0 Å². The fourth-order valence-corrected chi connectivity index (χ4v) is 6.45. The number of nitrogens with zero attached hydrogens (tertiary/aromatic N) is 2. The van der Waals surface area contributed by atoms with Gasteiger partial charge in [0.2, 0.25) is 10.0 Å². The fourth-order valence-electron chi connectivity index (χ4n) is 4.83. The Balaban J connectivity index is 1.49. The zero-order valence-corrected chi connectivity index (χ0v) is 15.9. The molecule has 2 saturated heterocycles. The highest BCUT2D eigenvalue weighted by molar-refractivity contribution is 7.89. The van der Waals surface area contributed by atoms with Gasteiger partial charge >= 0.3 is 0 Å². The summed E-state index contributed by atoms with van der Waals surface area (Å²) in [6.45, 7) is 9.44. The molecule has 138 valence electrons. The average molecular weight is 365 g/mol. The highest BCUT2D eigenvalue weighted by Crippen LogP contribution is 2.55. The normalized spacial score (nSPS) is 30.6. The summed E-state index contributed by atoms with van der Waals surface area (Å²) in [5, 5.41) is 0. The molecule has 1 aliphatic carbocycles. The van der Waals surface area contributed by atoms with Crippen LogP contribution in [-0.2, 0) is 21.3 Å². The lowest BCUT2D eigenvalue weighted by atomic mass is 10.0. The number of likely N-dealkylation sites (tertiary alicyclic amines) is 1. The van der Waals surface area contributed by atoms with E-state index < -0.39 is 10.0 Å². The molecule has 3 aliphatic rings. The first kappa shape index (κ1) is 17.5. The van der Waals surface area contributed by atoms with E-state index in [-0.39, 0.29) is 0 Å². The molecule has 0 aromatic heterocycles. The van der Waals surface area contributed by atoms with Crippen LogP contribution in [0.25, 0.3) is 0 Å². The zero-order valence-electron chi connectivity index (χ0n) is 15.1. The second-order valence-corrected chi connectivity index (χ2v) is 9.87. The van der Waals surface area contributed by atoms with Gasteiger partial charge in [0, 0.05) is 32.7 Å². The average Bonchev–Trinajstić information content (AvgIpc) is 3.13. The van der Waals surface area contributed by atoms with Gasteiger partial charge in [-0.05, 0) is 35.3 Å². The molecule has 25 heavy (non-hydrogen) atoms. The summed E-state index contributed by atoms with van der Waals surface area (Å²) in [5.74, 6) is 3.29. The highest BCUT2D eigenvalue weighted by Gasteiger charge is 2.56. The van der Waals surface area contributed by atoms with E-state index in [0.29, 0.717) is 31.2 Å². The molecule has 2 aliphatic heterocycles. The fraction of sp³-hybridized carbons (Fsp3) is 0.684. The summed E-state index contributed by atoms with van der Waals surface area (Å²) >= 11 is 0. The van der Waals surface area contributed by atoms with Gasteiger partial charge in [0.25, 0.3) is 0 Å². The van der Waals surface area contributed by atoms with Crippen molar-refractivity contribution in [3.8, 4) is 0 Å². The number of piperidine rings is 1. The largest absolute Gasteiger partial charge is 0.379 e. The Morgan fingerprint density at radius 2 is 1.76 bits per heavy atom.